The molecule has 0 amide bonds. The van der Waals surface area contributed by atoms with Crippen molar-refractivity contribution in [3.05, 3.63) is 21.0 Å². The molecular weight excluding hydrogens is 324 g/mol. The third-order valence-electron chi connectivity index (χ3n) is 2.92. The summed E-state index contributed by atoms with van der Waals surface area (Å²) in [6.45, 7) is 0. The van der Waals surface area contributed by atoms with E-state index in [1.807, 2.05) is 6.07 Å². The fourth-order valence-corrected chi connectivity index (χ4v) is 2.75. The summed E-state index contributed by atoms with van der Waals surface area (Å²) in [7, 11) is 0. The van der Waals surface area contributed by atoms with Crippen LogP contribution in [0.2, 0.25) is 5.02 Å². The average molecular weight is 334 g/mol. The first-order valence-electron chi connectivity index (χ1n) is 4.95. The monoisotopic (exact) mass is 333 g/mol. The molecule has 3 rings (SSSR count). The van der Waals surface area contributed by atoms with Crippen LogP contribution in [-0.2, 0) is 0 Å². The minimum Gasteiger partial charge on any atom is -0.258 e. The Hall–Kier alpha value is -0.360. The molecule has 0 unspecified atom stereocenters. The third kappa shape index (κ3) is 1.45. The van der Waals surface area contributed by atoms with Gasteiger partial charge in [0.1, 0.15) is 14.7 Å². The van der Waals surface area contributed by atoms with Crippen LogP contribution in [0.5, 0.6) is 0 Å². The lowest BCUT2D eigenvalue weighted by molar-refractivity contribution is 0.296. The Balaban J connectivity index is 2.29. The van der Waals surface area contributed by atoms with Gasteiger partial charge in [0.15, 0.2) is 0 Å². The van der Waals surface area contributed by atoms with Gasteiger partial charge in [-0.05, 0) is 47.9 Å². The van der Waals surface area contributed by atoms with E-state index in [0.29, 0.717) is 6.04 Å². The molecule has 1 aliphatic rings. The van der Waals surface area contributed by atoms with E-state index in [1.165, 1.54) is 19.3 Å². The molecule has 0 N–H and O–H groups in total. The maximum Gasteiger partial charge on any atom is 0.149 e. The van der Waals surface area contributed by atoms with Gasteiger partial charge in [-0.25, -0.2) is 0 Å². The number of aromatic nitrogens is 3. The highest BCUT2D eigenvalue weighted by Crippen LogP contribution is 2.36. The van der Waals surface area contributed by atoms with Gasteiger partial charge in [-0.1, -0.05) is 11.6 Å². The van der Waals surface area contributed by atoms with Crippen molar-refractivity contribution in [1.82, 2.24) is 14.8 Å². The standard InChI is InChI=1S/C10H9ClIN3/c11-7-4-5-13-8-9(7)15(14-10(8)12)6-2-1-3-6/h4-6H,1-3H2. The quantitative estimate of drug-likeness (QED) is 0.749. The molecule has 0 radical (unpaired) electrons. The predicted octanol–water partition coefficient (Wildman–Crippen LogP) is 3.41. The van der Waals surface area contributed by atoms with Crippen LogP contribution >= 0.6 is 34.2 Å². The number of nitrogens with zero attached hydrogens (tertiary/aromatic N) is 3. The molecule has 5 heteroatoms. The van der Waals surface area contributed by atoms with Gasteiger partial charge in [0.2, 0.25) is 0 Å². The van der Waals surface area contributed by atoms with E-state index in [9.17, 15) is 0 Å². The van der Waals surface area contributed by atoms with Crippen LogP contribution in [0.1, 0.15) is 25.3 Å². The van der Waals surface area contributed by atoms with Crippen LogP contribution in [0.4, 0.5) is 0 Å². The van der Waals surface area contributed by atoms with Crippen molar-refractivity contribution >= 4 is 45.2 Å². The summed E-state index contributed by atoms with van der Waals surface area (Å²) in [5.74, 6) is 0. The summed E-state index contributed by atoms with van der Waals surface area (Å²) in [4.78, 5) is 4.33. The van der Waals surface area contributed by atoms with Crippen LogP contribution in [0.3, 0.4) is 0 Å². The van der Waals surface area contributed by atoms with Crippen molar-refractivity contribution < 1.29 is 0 Å². The van der Waals surface area contributed by atoms with Crippen LogP contribution < -0.4 is 0 Å². The maximum absolute atomic E-state index is 6.20. The highest BCUT2D eigenvalue weighted by Gasteiger charge is 2.24. The molecule has 1 aliphatic carbocycles. The van der Waals surface area contributed by atoms with E-state index in [2.05, 4.69) is 37.4 Å². The van der Waals surface area contributed by atoms with Crippen LogP contribution in [0.15, 0.2) is 12.3 Å². The van der Waals surface area contributed by atoms with E-state index in [0.717, 1.165) is 19.8 Å². The molecule has 0 saturated heterocycles. The van der Waals surface area contributed by atoms with E-state index in [-0.39, 0.29) is 0 Å². The zero-order valence-corrected chi connectivity index (χ0v) is 10.9. The summed E-state index contributed by atoms with van der Waals surface area (Å²) in [6, 6.07) is 2.36. The molecule has 1 saturated carbocycles. The minimum atomic E-state index is 0.526. The highest BCUT2D eigenvalue weighted by molar-refractivity contribution is 14.1. The lowest BCUT2D eigenvalue weighted by Gasteiger charge is -2.26. The zero-order valence-electron chi connectivity index (χ0n) is 7.95. The van der Waals surface area contributed by atoms with Crippen molar-refractivity contribution in [3.63, 3.8) is 0 Å². The van der Waals surface area contributed by atoms with Crippen LogP contribution in [0, 0.1) is 3.70 Å². The molecular formula is C10H9ClIN3. The molecule has 0 atom stereocenters. The lowest BCUT2D eigenvalue weighted by atomic mass is 9.93. The summed E-state index contributed by atoms with van der Waals surface area (Å²) >= 11 is 8.41. The summed E-state index contributed by atoms with van der Waals surface area (Å²) in [5, 5.41) is 5.28. The van der Waals surface area contributed by atoms with Crippen molar-refractivity contribution in [3.8, 4) is 0 Å². The first-order chi connectivity index (χ1) is 7.27. The van der Waals surface area contributed by atoms with Gasteiger partial charge >= 0.3 is 0 Å². The van der Waals surface area contributed by atoms with E-state index >= 15 is 0 Å². The third-order valence-corrected chi connectivity index (χ3v) is 3.95. The number of pyridine rings is 1. The maximum atomic E-state index is 6.20. The van der Waals surface area contributed by atoms with Gasteiger partial charge in [0, 0.05) is 6.20 Å². The normalized spacial score (nSPS) is 16.9. The van der Waals surface area contributed by atoms with E-state index < -0.39 is 0 Å². The highest BCUT2D eigenvalue weighted by atomic mass is 127. The number of fused-ring (bicyclic) bond motifs is 1. The second-order valence-electron chi connectivity index (χ2n) is 3.81. The van der Waals surface area contributed by atoms with Crippen molar-refractivity contribution in [2.24, 2.45) is 0 Å². The van der Waals surface area contributed by atoms with Gasteiger partial charge in [-0.3, -0.25) is 9.67 Å². The Morgan fingerprint density at radius 3 is 2.93 bits per heavy atom. The SMILES string of the molecule is Clc1ccnc2c(I)nn(C3CCC3)c12. The fraction of sp³-hybridized carbons (Fsp3) is 0.400. The smallest absolute Gasteiger partial charge is 0.149 e. The summed E-state index contributed by atoms with van der Waals surface area (Å²) < 4.78 is 2.99. The van der Waals surface area contributed by atoms with Gasteiger partial charge in [-0.15, -0.1) is 0 Å². The first kappa shape index (κ1) is 9.84. The van der Waals surface area contributed by atoms with Crippen LogP contribution in [0.25, 0.3) is 11.0 Å². The zero-order chi connectivity index (χ0) is 10.4. The molecule has 2 aromatic rings. The van der Waals surface area contributed by atoms with E-state index in [1.54, 1.807) is 6.20 Å². The molecule has 78 valence electrons. The van der Waals surface area contributed by atoms with Crippen LogP contribution in [-0.4, -0.2) is 14.8 Å². The largest absolute Gasteiger partial charge is 0.258 e. The second-order valence-corrected chi connectivity index (χ2v) is 5.24. The Kier molecular flexibility index (Phi) is 2.35. The Morgan fingerprint density at radius 1 is 1.47 bits per heavy atom. The molecule has 0 spiro atoms. The lowest BCUT2D eigenvalue weighted by Crippen LogP contribution is -2.18. The molecule has 0 bridgehead atoms. The first-order valence-corrected chi connectivity index (χ1v) is 6.41. The Labute approximate surface area is 106 Å². The molecule has 2 heterocycles. The fourth-order valence-electron chi connectivity index (χ4n) is 1.89. The minimum absolute atomic E-state index is 0.526. The number of rotatable bonds is 1. The van der Waals surface area contributed by atoms with Crippen molar-refractivity contribution in [2.75, 3.05) is 0 Å². The number of hydrogen-bond donors (Lipinski definition) is 0. The summed E-state index contributed by atoms with van der Waals surface area (Å²) in [6.07, 6.45) is 5.44. The molecule has 15 heavy (non-hydrogen) atoms. The topological polar surface area (TPSA) is 30.7 Å². The Bertz CT molecular complexity index is 519. The van der Waals surface area contributed by atoms with Gasteiger partial charge in [-0.2, -0.15) is 5.10 Å². The predicted molar refractivity (Wildman–Crippen MR) is 68.1 cm³/mol. The molecule has 0 aromatic carbocycles. The molecule has 2 aromatic heterocycles. The molecule has 0 aliphatic heterocycles. The van der Waals surface area contributed by atoms with Gasteiger partial charge in [0.25, 0.3) is 0 Å². The number of halogens is 2. The van der Waals surface area contributed by atoms with Crippen molar-refractivity contribution in [1.29, 1.82) is 0 Å². The van der Waals surface area contributed by atoms with Gasteiger partial charge in [0.05, 0.1) is 11.1 Å². The molecule has 1 fully saturated rings. The average Bonchev–Trinajstić information content (AvgIpc) is 2.43. The van der Waals surface area contributed by atoms with Crippen molar-refractivity contribution in [2.45, 2.75) is 25.3 Å². The molecule has 3 nitrogen and oxygen atoms in total. The summed E-state index contributed by atoms with van der Waals surface area (Å²) in [5.41, 5.74) is 1.92. The van der Waals surface area contributed by atoms with E-state index in [4.69, 9.17) is 11.6 Å². The number of hydrogen-bond acceptors (Lipinski definition) is 2. The van der Waals surface area contributed by atoms with Gasteiger partial charge < -0.3 is 0 Å². The second kappa shape index (κ2) is 3.59. The Morgan fingerprint density at radius 2 is 2.27 bits per heavy atom.